The second-order valence-corrected chi connectivity index (χ2v) is 8.90. The summed E-state index contributed by atoms with van der Waals surface area (Å²) in [5.41, 5.74) is 1.29. The fourth-order valence-electron chi connectivity index (χ4n) is 4.01. The van der Waals surface area contributed by atoms with Crippen molar-refractivity contribution in [3.63, 3.8) is 0 Å². The summed E-state index contributed by atoms with van der Waals surface area (Å²) >= 11 is 13.7. The highest BCUT2D eigenvalue weighted by Gasteiger charge is 2.56. The number of nitrogens with zero attached hydrogens (tertiary/aromatic N) is 3. The monoisotopic (exact) mass is 429 g/mol. The summed E-state index contributed by atoms with van der Waals surface area (Å²) in [5, 5.41) is 0. The van der Waals surface area contributed by atoms with Crippen LogP contribution in [0.15, 0.2) is 36.5 Å². The van der Waals surface area contributed by atoms with Gasteiger partial charge < -0.3 is 19.1 Å². The van der Waals surface area contributed by atoms with Gasteiger partial charge in [0.25, 0.3) is 5.88 Å². The minimum Gasteiger partial charge on any atom is -0.476 e. The number of aromatic nitrogens is 2. The zero-order valence-corrected chi connectivity index (χ0v) is 16.7. The molecule has 0 aromatic carbocycles. The molecule has 3 aromatic rings. The van der Waals surface area contributed by atoms with Crippen molar-refractivity contribution in [2.45, 2.75) is 12.0 Å². The average molecular weight is 430 g/mol. The summed E-state index contributed by atoms with van der Waals surface area (Å²) in [4.78, 5) is 13.0. The first-order valence-corrected chi connectivity index (χ1v) is 10.2. The standard InChI is InChI=1S/C19H12ClN3O3S2/c20-14-4-3-10(28-14)7-23-15-11(2-1-5-21-15)19(18(23)27)8-24-16-12(19)6-13-17(22-16)26-9-25-13/h1-6H,7-9H2. The zero-order valence-electron chi connectivity index (χ0n) is 14.3. The fraction of sp³-hybridized carbons (Fsp3) is 0.211. The number of anilines is 1. The second-order valence-electron chi connectivity index (χ2n) is 6.72. The molecule has 0 saturated carbocycles. The first kappa shape index (κ1) is 16.5. The molecule has 0 N–H and O–H groups in total. The van der Waals surface area contributed by atoms with E-state index in [1.165, 1.54) is 0 Å². The number of thiocarbonyl (C=S) groups is 1. The van der Waals surface area contributed by atoms with Gasteiger partial charge in [-0.25, -0.2) is 4.98 Å². The molecule has 6 heterocycles. The van der Waals surface area contributed by atoms with Crippen molar-refractivity contribution in [1.82, 2.24) is 9.97 Å². The van der Waals surface area contributed by atoms with Gasteiger partial charge in [0, 0.05) is 22.2 Å². The molecular weight excluding hydrogens is 418 g/mol. The number of fused-ring (bicyclic) bond motifs is 5. The van der Waals surface area contributed by atoms with Crippen LogP contribution < -0.4 is 19.1 Å². The van der Waals surface area contributed by atoms with Crippen LogP contribution in [0.5, 0.6) is 17.5 Å². The van der Waals surface area contributed by atoms with Gasteiger partial charge in [0.2, 0.25) is 12.7 Å². The topological polar surface area (TPSA) is 56.7 Å². The molecular formula is C19H12ClN3O3S2. The van der Waals surface area contributed by atoms with Crippen molar-refractivity contribution in [1.29, 1.82) is 0 Å². The van der Waals surface area contributed by atoms with Crippen LogP contribution in [0.4, 0.5) is 5.82 Å². The Kier molecular flexibility index (Phi) is 3.42. The lowest BCUT2D eigenvalue weighted by Gasteiger charge is -2.25. The summed E-state index contributed by atoms with van der Waals surface area (Å²) in [6.45, 7) is 1.14. The maximum atomic E-state index is 6.12. The van der Waals surface area contributed by atoms with Crippen LogP contribution >= 0.6 is 35.2 Å². The summed E-state index contributed by atoms with van der Waals surface area (Å²) < 4.78 is 17.7. The molecule has 9 heteroatoms. The van der Waals surface area contributed by atoms with Gasteiger partial charge in [0.15, 0.2) is 5.75 Å². The first-order valence-electron chi connectivity index (χ1n) is 8.62. The molecule has 0 aliphatic carbocycles. The third kappa shape index (κ3) is 2.10. The fourth-order valence-corrected chi connectivity index (χ4v) is 5.52. The van der Waals surface area contributed by atoms with Crippen molar-refractivity contribution in [2.24, 2.45) is 0 Å². The van der Waals surface area contributed by atoms with Gasteiger partial charge in [0.1, 0.15) is 22.8 Å². The van der Waals surface area contributed by atoms with E-state index in [9.17, 15) is 0 Å². The molecule has 0 saturated heterocycles. The highest BCUT2D eigenvalue weighted by atomic mass is 35.5. The highest BCUT2D eigenvalue weighted by molar-refractivity contribution is 7.80. The van der Waals surface area contributed by atoms with Gasteiger partial charge in [-0.15, -0.1) is 11.3 Å². The molecule has 0 radical (unpaired) electrons. The Morgan fingerprint density at radius 3 is 2.96 bits per heavy atom. The van der Waals surface area contributed by atoms with Crippen LogP contribution in [0.25, 0.3) is 0 Å². The Hall–Kier alpha value is -2.42. The van der Waals surface area contributed by atoms with Gasteiger partial charge in [-0.2, -0.15) is 4.98 Å². The van der Waals surface area contributed by atoms with E-state index in [2.05, 4.69) is 20.9 Å². The molecule has 0 fully saturated rings. The SMILES string of the molecule is S=C1N(Cc2ccc(Cl)s2)c2ncccc2C12COc1nc3c(cc12)OCO3. The summed E-state index contributed by atoms with van der Waals surface area (Å²) in [5.74, 6) is 2.44. The van der Waals surface area contributed by atoms with E-state index < -0.39 is 5.41 Å². The molecule has 1 spiro atoms. The van der Waals surface area contributed by atoms with E-state index in [0.717, 1.165) is 31.1 Å². The lowest BCUT2D eigenvalue weighted by molar-refractivity contribution is 0.170. The molecule has 0 amide bonds. The van der Waals surface area contributed by atoms with E-state index in [1.807, 2.05) is 24.3 Å². The van der Waals surface area contributed by atoms with E-state index in [4.69, 9.17) is 38.0 Å². The summed E-state index contributed by atoms with van der Waals surface area (Å²) in [6.07, 6.45) is 1.78. The number of ether oxygens (including phenoxy) is 3. The Morgan fingerprint density at radius 2 is 2.11 bits per heavy atom. The quantitative estimate of drug-likeness (QED) is 0.572. The lowest BCUT2D eigenvalue weighted by Crippen LogP contribution is -2.40. The Labute approximate surface area is 174 Å². The number of rotatable bonds is 2. The predicted octanol–water partition coefficient (Wildman–Crippen LogP) is 3.95. The van der Waals surface area contributed by atoms with Crippen molar-refractivity contribution < 1.29 is 14.2 Å². The first-order chi connectivity index (χ1) is 13.7. The number of halogens is 1. The number of thiophene rings is 1. The van der Waals surface area contributed by atoms with Crippen LogP contribution in [0.2, 0.25) is 4.34 Å². The van der Waals surface area contributed by atoms with Crippen LogP contribution in [-0.2, 0) is 12.0 Å². The van der Waals surface area contributed by atoms with E-state index in [0.29, 0.717) is 30.7 Å². The van der Waals surface area contributed by atoms with Crippen LogP contribution in [0.1, 0.15) is 16.0 Å². The minimum absolute atomic E-state index is 0.159. The molecule has 0 bridgehead atoms. The molecule has 3 aliphatic rings. The van der Waals surface area contributed by atoms with E-state index >= 15 is 0 Å². The third-order valence-corrected chi connectivity index (χ3v) is 7.05. The smallest absolute Gasteiger partial charge is 0.263 e. The maximum absolute atomic E-state index is 6.12. The Morgan fingerprint density at radius 1 is 1.18 bits per heavy atom. The molecule has 6 nitrogen and oxygen atoms in total. The normalized spacial score (nSPS) is 21.2. The van der Waals surface area contributed by atoms with Gasteiger partial charge >= 0.3 is 0 Å². The van der Waals surface area contributed by atoms with Crippen molar-refractivity contribution in [3.05, 3.63) is 56.9 Å². The Bertz CT molecular complexity index is 1150. The van der Waals surface area contributed by atoms with Crippen molar-refractivity contribution >= 4 is 46.0 Å². The maximum Gasteiger partial charge on any atom is 0.263 e. The summed E-state index contributed by atoms with van der Waals surface area (Å²) in [6, 6.07) is 9.83. The van der Waals surface area contributed by atoms with Crippen LogP contribution in [0.3, 0.4) is 0 Å². The minimum atomic E-state index is -0.622. The largest absolute Gasteiger partial charge is 0.476 e. The lowest BCUT2D eigenvalue weighted by atomic mass is 9.79. The van der Waals surface area contributed by atoms with Crippen molar-refractivity contribution in [2.75, 3.05) is 18.3 Å². The van der Waals surface area contributed by atoms with Gasteiger partial charge in [-0.05, 0) is 24.3 Å². The molecule has 28 heavy (non-hydrogen) atoms. The van der Waals surface area contributed by atoms with Crippen LogP contribution in [-0.4, -0.2) is 28.4 Å². The second kappa shape index (κ2) is 5.79. The van der Waals surface area contributed by atoms with Gasteiger partial charge in [-0.3, -0.25) is 0 Å². The molecule has 1 atom stereocenters. The number of pyridine rings is 2. The number of hydrogen-bond acceptors (Lipinski definition) is 7. The molecule has 1 unspecified atom stereocenters. The highest BCUT2D eigenvalue weighted by Crippen LogP contribution is 2.54. The average Bonchev–Trinajstić information content (AvgIpc) is 3.45. The van der Waals surface area contributed by atoms with E-state index in [1.54, 1.807) is 17.5 Å². The zero-order chi connectivity index (χ0) is 18.9. The molecule has 3 aromatic heterocycles. The Balaban J connectivity index is 1.51. The molecule has 3 aliphatic heterocycles. The van der Waals surface area contributed by atoms with E-state index in [-0.39, 0.29) is 6.79 Å². The van der Waals surface area contributed by atoms with Crippen molar-refractivity contribution in [3.8, 4) is 17.5 Å². The van der Waals surface area contributed by atoms with Gasteiger partial charge in [0.05, 0.1) is 10.9 Å². The van der Waals surface area contributed by atoms with Crippen LogP contribution in [0, 0.1) is 0 Å². The molecule has 6 rings (SSSR count). The third-order valence-electron chi connectivity index (χ3n) is 5.27. The summed E-state index contributed by atoms with van der Waals surface area (Å²) in [7, 11) is 0. The molecule has 140 valence electrons. The predicted molar refractivity (Wildman–Crippen MR) is 109 cm³/mol. The van der Waals surface area contributed by atoms with Gasteiger partial charge in [-0.1, -0.05) is 29.9 Å². The number of hydrogen-bond donors (Lipinski definition) is 0.